The summed E-state index contributed by atoms with van der Waals surface area (Å²) >= 11 is 0. The van der Waals surface area contributed by atoms with Crippen molar-refractivity contribution in [3.05, 3.63) is 52.9 Å². The van der Waals surface area contributed by atoms with Crippen LogP contribution in [0, 0.1) is 13.8 Å². The van der Waals surface area contributed by atoms with Gasteiger partial charge in [0.1, 0.15) is 0 Å². The lowest BCUT2D eigenvalue weighted by Gasteiger charge is -2.34. The number of hydrogen-bond donors (Lipinski definition) is 1. The van der Waals surface area contributed by atoms with Crippen molar-refractivity contribution in [2.75, 3.05) is 0 Å². The molecule has 4 aromatic rings. The maximum Gasteiger partial charge on any atom is 0.227 e. The average molecular weight is 362 g/mol. The molecule has 0 saturated heterocycles. The Morgan fingerprint density at radius 3 is 2.74 bits per heavy atom. The van der Waals surface area contributed by atoms with Crippen LogP contribution in [0.1, 0.15) is 47.9 Å². The largest absolute Gasteiger partial charge is 0.339 e. The fourth-order valence-corrected chi connectivity index (χ4v) is 3.91. The molecule has 1 fully saturated rings. The molecule has 0 radical (unpaired) electrons. The zero-order valence-electron chi connectivity index (χ0n) is 15.6. The molecule has 27 heavy (non-hydrogen) atoms. The van der Waals surface area contributed by atoms with Crippen LogP contribution in [0.3, 0.4) is 0 Å². The van der Waals surface area contributed by atoms with Crippen molar-refractivity contribution in [1.29, 1.82) is 0 Å². The first-order chi connectivity index (χ1) is 13.0. The van der Waals surface area contributed by atoms with Crippen LogP contribution in [-0.4, -0.2) is 24.7 Å². The highest BCUT2D eigenvalue weighted by atomic mass is 16.5. The van der Waals surface area contributed by atoms with Crippen molar-refractivity contribution in [3.63, 3.8) is 0 Å². The maximum atomic E-state index is 6.29. The normalized spacial score (nSPS) is 16.1. The Bertz CT molecular complexity index is 1150. The highest BCUT2D eigenvalue weighted by Gasteiger charge is 2.38. The van der Waals surface area contributed by atoms with E-state index in [1.54, 1.807) is 0 Å². The molecule has 7 heteroatoms. The molecule has 0 bridgehead atoms. The van der Waals surface area contributed by atoms with E-state index in [9.17, 15) is 0 Å². The second kappa shape index (κ2) is 5.85. The van der Waals surface area contributed by atoms with Crippen LogP contribution in [-0.2, 0) is 18.4 Å². The van der Waals surface area contributed by atoms with Gasteiger partial charge >= 0.3 is 0 Å². The highest BCUT2D eigenvalue weighted by molar-refractivity contribution is 5.92. The monoisotopic (exact) mass is 362 g/mol. The Hall–Kier alpha value is -2.80. The molecule has 1 aliphatic rings. The third kappa shape index (κ3) is 2.53. The first-order valence-corrected chi connectivity index (χ1v) is 9.41. The van der Waals surface area contributed by atoms with Crippen molar-refractivity contribution >= 4 is 16.6 Å². The van der Waals surface area contributed by atoms with Gasteiger partial charge in [-0.25, -0.2) is 9.50 Å². The van der Waals surface area contributed by atoms with Gasteiger partial charge in [-0.2, -0.15) is 10.1 Å². The van der Waals surface area contributed by atoms with E-state index in [4.69, 9.17) is 20.3 Å². The van der Waals surface area contributed by atoms with Gasteiger partial charge in [-0.15, -0.1) is 0 Å². The van der Waals surface area contributed by atoms with Crippen LogP contribution in [0.25, 0.3) is 16.6 Å². The van der Waals surface area contributed by atoms with Crippen molar-refractivity contribution in [2.45, 2.75) is 51.5 Å². The minimum atomic E-state index is -0.386. The lowest BCUT2D eigenvalue weighted by atomic mass is 9.77. The van der Waals surface area contributed by atoms with Gasteiger partial charge in [0, 0.05) is 23.2 Å². The third-order valence-corrected chi connectivity index (χ3v) is 5.77. The van der Waals surface area contributed by atoms with E-state index < -0.39 is 0 Å². The number of aryl methyl sites for hydroxylation is 3. The molecular weight excluding hydrogens is 340 g/mol. The smallest absolute Gasteiger partial charge is 0.227 e. The second-order valence-electron chi connectivity index (χ2n) is 7.54. The van der Waals surface area contributed by atoms with Crippen LogP contribution < -0.4 is 5.73 Å². The van der Waals surface area contributed by atoms with Gasteiger partial charge in [-0.1, -0.05) is 17.3 Å². The topological polar surface area (TPSA) is 95.1 Å². The van der Waals surface area contributed by atoms with Gasteiger partial charge in [-0.3, -0.25) is 0 Å². The fourth-order valence-electron chi connectivity index (χ4n) is 3.91. The van der Waals surface area contributed by atoms with Crippen molar-refractivity contribution in [1.82, 2.24) is 24.7 Å². The molecule has 0 atom stereocenters. The Kier molecular flexibility index (Phi) is 3.55. The third-order valence-electron chi connectivity index (χ3n) is 5.77. The number of nitrogens with two attached hydrogens (primary N) is 1. The van der Waals surface area contributed by atoms with Gasteiger partial charge in [0.25, 0.3) is 0 Å². The van der Waals surface area contributed by atoms with Crippen molar-refractivity contribution in [2.24, 2.45) is 5.73 Å². The first-order valence-electron chi connectivity index (χ1n) is 9.41. The van der Waals surface area contributed by atoms with Gasteiger partial charge < -0.3 is 10.3 Å². The van der Waals surface area contributed by atoms with E-state index >= 15 is 0 Å². The van der Waals surface area contributed by atoms with E-state index in [0.717, 1.165) is 53.6 Å². The number of nitrogens with zero attached hydrogens (tertiary/aromatic N) is 5. The lowest BCUT2D eigenvalue weighted by molar-refractivity contribution is 0.229. The van der Waals surface area contributed by atoms with Gasteiger partial charge in [0.05, 0.1) is 11.1 Å². The second-order valence-corrected chi connectivity index (χ2v) is 7.54. The molecule has 0 amide bonds. The Morgan fingerprint density at radius 2 is 1.96 bits per heavy atom. The fraction of sp³-hybridized carbons (Fsp3) is 0.400. The molecule has 0 spiro atoms. The summed E-state index contributed by atoms with van der Waals surface area (Å²) in [5.74, 6) is 1.27. The standard InChI is InChI=1S/C20H22N6O/c1-12-14(8-9-17-23-19(25-27-17)20(21)10-5-11-20)13(2)26-18(22-12)15-6-3-4-7-16(15)24-26/h3-4,6-7H,5,8-11,21H2,1-2H3. The van der Waals surface area contributed by atoms with Crippen LogP contribution >= 0.6 is 0 Å². The van der Waals surface area contributed by atoms with Crippen LogP contribution in [0.5, 0.6) is 0 Å². The van der Waals surface area contributed by atoms with E-state index in [1.165, 1.54) is 5.56 Å². The minimum absolute atomic E-state index is 0.386. The average Bonchev–Trinajstić information content (AvgIpc) is 3.25. The van der Waals surface area contributed by atoms with Crippen molar-refractivity contribution in [3.8, 4) is 0 Å². The Morgan fingerprint density at radius 1 is 1.15 bits per heavy atom. The molecule has 3 aromatic heterocycles. The van der Waals surface area contributed by atoms with Gasteiger partial charge in [0.2, 0.25) is 5.89 Å². The van der Waals surface area contributed by atoms with Crippen LogP contribution in [0.15, 0.2) is 28.8 Å². The van der Waals surface area contributed by atoms with Gasteiger partial charge in [-0.05, 0) is 57.2 Å². The summed E-state index contributed by atoms with van der Waals surface area (Å²) in [7, 11) is 0. The molecule has 2 N–H and O–H groups in total. The molecule has 1 saturated carbocycles. The summed E-state index contributed by atoms with van der Waals surface area (Å²) in [6, 6.07) is 8.09. The molecule has 1 aromatic carbocycles. The highest BCUT2D eigenvalue weighted by Crippen LogP contribution is 2.37. The first kappa shape index (κ1) is 16.4. The molecule has 7 nitrogen and oxygen atoms in total. The summed E-state index contributed by atoms with van der Waals surface area (Å²) in [4.78, 5) is 9.35. The van der Waals surface area contributed by atoms with E-state index in [0.29, 0.717) is 18.1 Å². The lowest BCUT2D eigenvalue weighted by Crippen LogP contribution is -2.44. The van der Waals surface area contributed by atoms with E-state index in [1.807, 2.05) is 29.6 Å². The number of benzene rings is 1. The van der Waals surface area contributed by atoms with Gasteiger partial charge in [0.15, 0.2) is 11.5 Å². The SMILES string of the molecule is Cc1nc2c3ccccc3nn2c(C)c1CCc1nc(C2(N)CCC2)no1. The molecule has 0 unspecified atom stereocenters. The number of aromatic nitrogens is 5. The summed E-state index contributed by atoms with van der Waals surface area (Å²) < 4.78 is 7.38. The zero-order valence-corrected chi connectivity index (χ0v) is 15.6. The number of fused-ring (bicyclic) bond motifs is 3. The molecule has 138 valence electrons. The quantitative estimate of drug-likeness (QED) is 0.600. The zero-order chi connectivity index (χ0) is 18.6. The summed E-state index contributed by atoms with van der Waals surface area (Å²) in [6.07, 6.45) is 4.42. The number of rotatable bonds is 4. The van der Waals surface area contributed by atoms with Crippen LogP contribution in [0.2, 0.25) is 0 Å². The Balaban J connectivity index is 1.46. The predicted octanol–water partition coefficient (Wildman–Crippen LogP) is 3.01. The summed E-state index contributed by atoms with van der Waals surface area (Å²) in [5.41, 5.74) is 11.0. The van der Waals surface area contributed by atoms with E-state index in [2.05, 4.69) is 23.1 Å². The summed E-state index contributed by atoms with van der Waals surface area (Å²) in [6.45, 7) is 4.14. The molecule has 0 aliphatic heterocycles. The molecule has 3 heterocycles. The molecule has 1 aliphatic carbocycles. The van der Waals surface area contributed by atoms with Crippen molar-refractivity contribution < 1.29 is 4.52 Å². The van der Waals surface area contributed by atoms with Crippen LogP contribution in [0.4, 0.5) is 0 Å². The Labute approximate surface area is 156 Å². The summed E-state index contributed by atoms with van der Waals surface area (Å²) in [5, 5.41) is 9.89. The minimum Gasteiger partial charge on any atom is -0.339 e. The maximum absolute atomic E-state index is 6.29. The van der Waals surface area contributed by atoms with E-state index in [-0.39, 0.29) is 5.54 Å². The predicted molar refractivity (Wildman–Crippen MR) is 101 cm³/mol. The molecule has 5 rings (SSSR count). The molecular formula is C20H22N6O. The number of hydrogen-bond acceptors (Lipinski definition) is 6.